The second-order valence-corrected chi connectivity index (χ2v) is 6.26. The van der Waals surface area contributed by atoms with Crippen LogP contribution in [0, 0.1) is 5.41 Å². The first-order chi connectivity index (χ1) is 3.92. The van der Waals surface area contributed by atoms with E-state index in [1.807, 2.05) is 0 Å². The van der Waals surface area contributed by atoms with E-state index in [0.29, 0.717) is 5.41 Å². The van der Waals surface area contributed by atoms with Crippen LogP contribution in [0.15, 0.2) is 11.8 Å². The van der Waals surface area contributed by atoms with Gasteiger partial charge in [0.05, 0.1) is 8.80 Å². The van der Waals surface area contributed by atoms with Crippen LogP contribution in [0.2, 0.25) is 13.1 Å². The van der Waals surface area contributed by atoms with Crippen molar-refractivity contribution in [2.75, 3.05) is 0 Å². The highest BCUT2D eigenvalue weighted by Gasteiger charge is 2.03. The molecular weight excluding hydrogens is 124 g/mol. The molecule has 0 fully saturated rings. The number of rotatable bonds is 1. The lowest BCUT2D eigenvalue weighted by molar-refractivity contribution is 0.545. The maximum Gasteiger partial charge on any atom is 0.0689 e. The van der Waals surface area contributed by atoms with E-state index in [4.69, 9.17) is 0 Å². The summed E-state index contributed by atoms with van der Waals surface area (Å²) in [6.45, 7) is 11.3. The molecule has 53 valence electrons. The van der Waals surface area contributed by atoms with Gasteiger partial charge in [0.2, 0.25) is 0 Å². The largest absolute Gasteiger partial charge is 0.100 e. The minimum atomic E-state index is -0.148. The molecule has 0 atom stereocenters. The molecule has 0 heterocycles. The van der Waals surface area contributed by atoms with Gasteiger partial charge in [0.25, 0.3) is 0 Å². The lowest BCUT2D eigenvalue weighted by Gasteiger charge is -2.11. The molecule has 0 unspecified atom stereocenters. The van der Waals surface area contributed by atoms with E-state index in [-0.39, 0.29) is 8.80 Å². The second kappa shape index (κ2) is 3.21. The lowest BCUT2D eigenvalue weighted by Crippen LogP contribution is -2.02. The van der Waals surface area contributed by atoms with Crippen molar-refractivity contribution in [3.63, 3.8) is 0 Å². The van der Waals surface area contributed by atoms with Crippen molar-refractivity contribution in [1.29, 1.82) is 0 Å². The molecule has 0 rings (SSSR count). The zero-order valence-electron chi connectivity index (χ0n) is 7.15. The zero-order valence-corrected chi connectivity index (χ0v) is 8.15. The summed E-state index contributed by atoms with van der Waals surface area (Å²) in [5, 5.41) is 0. The standard InChI is InChI=1S/C8H17Si/c1-8(2,3)6-7-9(4)5/h6-7H,1-5H3. The van der Waals surface area contributed by atoms with Gasteiger partial charge in [-0.2, -0.15) is 0 Å². The second-order valence-electron chi connectivity index (χ2n) is 3.78. The van der Waals surface area contributed by atoms with Crippen molar-refractivity contribution in [2.24, 2.45) is 5.41 Å². The predicted octanol–water partition coefficient (Wildman–Crippen LogP) is 2.88. The normalized spacial score (nSPS) is 13.6. The molecule has 0 aromatic carbocycles. The Morgan fingerprint density at radius 2 is 1.56 bits per heavy atom. The molecule has 0 spiro atoms. The lowest BCUT2D eigenvalue weighted by atomic mass is 9.98. The fourth-order valence-electron chi connectivity index (χ4n) is 0.417. The summed E-state index contributed by atoms with van der Waals surface area (Å²) in [5.74, 6) is 0. The van der Waals surface area contributed by atoms with Crippen LogP contribution in [0.4, 0.5) is 0 Å². The average molecular weight is 141 g/mol. The Morgan fingerprint density at radius 1 is 1.11 bits per heavy atom. The van der Waals surface area contributed by atoms with E-state index in [2.05, 4.69) is 45.6 Å². The molecule has 1 radical (unpaired) electrons. The van der Waals surface area contributed by atoms with Crippen LogP contribution in [0.5, 0.6) is 0 Å². The fourth-order valence-corrected chi connectivity index (χ4v) is 1.25. The molecule has 0 saturated heterocycles. The summed E-state index contributed by atoms with van der Waals surface area (Å²) < 4.78 is 0. The third-order valence-corrected chi connectivity index (χ3v) is 1.75. The molecule has 1 heteroatoms. The predicted molar refractivity (Wildman–Crippen MR) is 46.1 cm³/mol. The Balaban J connectivity index is 3.71. The van der Waals surface area contributed by atoms with Crippen molar-refractivity contribution in [1.82, 2.24) is 0 Å². The molecule has 0 aromatic heterocycles. The van der Waals surface area contributed by atoms with Crippen molar-refractivity contribution in [3.05, 3.63) is 11.8 Å². The van der Waals surface area contributed by atoms with Crippen molar-refractivity contribution in [2.45, 2.75) is 33.9 Å². The van der Waals surface area contributed by atoms with Gasteiger partial charge in [0.1, 0.15) is 0 Å². The number of hydrogen-bond acceptors (Lipinski definition) is 0. The third-order valence-electron chi connectivity index (χ3n) is 0.917. The summed E-state index contributed by atoms with van der Waals surface area (Å²) in [6.07, 6.45) is 2.31. The fraction of sp³-hybridized carbons (Fsp3) is 0.750. The first-order valence-corrected chi connectivity index (χ1v) is 5.99. The smallest absolute Gasteiger partial charge is 0.0689 e. The molecular formula is C8H17Si. The highest BCUT2D eigenvalue weighted by molar-refractivity contribution is 6.61. The third kappa shape index (κ3) is 7.96. The average Bonchev–Trinajstić information content (AvgIpc) is 1.59. The van der Waals surface area contributed by atoms with Gasteiger partial charge >= 0.3 is 0 Å². The monoisotopic (exact) mass is 141 g/mol. The van der Waals surface area contributed by atoms with Crippen molar-refractivity contribution >= 4 is 8.80 Å². The van der Waals surface area contributed by atoms with Crippen LogP contribution in [0.1, 0.15) is 20.8 Å². The summed E-state index contributed by atoms with van der Waals surface area (Å²) in [5.41, 5.74) is 2.73. The first-order valence-electron chi connectivity index (χ1n) is 3.41. The van der Waals surface area contributed by atoms with Gasteiger partial charge in [-0.3, -0.25) is 0 Å². The van der Waals surface area contributed by atoms with Crippen LogP contribution < -0.4 is 0 Å². The zero-order chi connectivity index (χ0) is 7.49. The molecule has 0 bridgehead atoms. The van der Waals surface area contributed by atoms with Gasteiger partial charge in [-0.05, 0) is 5.41 Å². The van der Waals surface area contributed by atoms with Crippen LogP contribution in [0.25, 0.3) is 0 Å². The van der Waals surface area contributed by atoms with Gasteiger partial charge in [0, 0.05) is 0 Å². The van der Waals surface area contributed by atoms with Crippen molar-refractivity contribution < 1.29 is 0 Å². The number of allylic oxidation sites excluding steroid dienone is 1. The van der Waals surface area contributed by atoms with E-state index in [1.165, 1.54) is 0 Å². The Labute approximate surface area is 60.6 Å². The molecule has 0 aliphatic carbocycles. The Hall–Kier alpha value is -0.0431. The Morgan fingerprint density at radius 3 is 1.67 bits per heavy atom. The maximum atomic E-state index is 2.35. The quantitative estimate of drug-likeness (QED) is 0.493. The topological polar surface area (TPSA) is 0 Å². The van der Waals surface area contributed by atoms with Crippen molar-refractivity contribution in [3.8, 4) is 0 Å². The Kier molecular flexibility index (Phi) is 3.19. The van der Waals surface area contributed by atoms with Crippen LogP contribution in [-0.4, -0.2) is 8.80 Å². The summed E-state index contributed by atoms with van der Waals surface area (Å²) in [7, 11) is -0.148. The van der Waals surface area contributed by atoms with Gasteiger partial charge in [-0.25, -0.2) is 0 Å². The maximum absolute atomic E-state index is 2.35. The van der Waals surface area contributed by atoms with E-state index in [0.717, 1.165) is 0 Å². The van der Waals surface area contributed by atoms with E-state index in [1.54, 1.807) is 0 Å². The van der Waals surface area contributed by atoms with E-state index < -0.39 is 0 Å². The highest BCUT2D eigenvalue weighted by Crippen LogP contribution is 2.14. The highest BCUT2D eigenvalue weighted by atomic mass is 28.3. The molecule has 0 aliphatic rings. The Bertz CT molecular complexity index is 95.6. The molecule has 9 heavy (non-hydrogen) atoms. The summed E-state index contributed by atoms with van der Waals surface area (Å²) in [6, 6.07) is 0. The molecule has 0 aromatic rings. The van der Waals surface area contributed by atoms with E-state index in [9.17, 15) is 0 Å². The summed E-state index contributed by atoms with van der Waals surface area (Å²) in [4.78, 5) is 0. The SMILES string of the molecule is C[Si](C)C=CC(C)(C)C. The van der Waals surface area contributed by atoms with Gasteiger partial charge in [-0.15, -0.1) is 5.70 Å². The molecule has 0 nitrogen and oxygen atoms in total. The van der Waals surface area contributed by atoms with Crippen LogP contribution in [0.3, 0.4) is 0 Å². The molecule has 0 N–H and O–H groups in total. The van der Waals surface area contributed by atoms with Crippen LogP contribution in [-0.2, 0) is 0 Å². The number of hydrogen-bond donors (Lipinski definition) is 0. The summed E-state index contributed by atoms with van der Waals surface area (Å²) >= 11 is 0. The first kappa shape index (κ1) is 8.96. The van der Waals surface area contributed by atoms with Gasteiger partial charge in [0.15, 0.2) is 0 Å². The van der Waals surface area contributed by atoms with Crippen LogP contribution >= 0.6 is 0 Å². The molecule has 0 amide bonds. The van der Waals surface area contributed by atoms with Gasteiger partial charge < -0.3 is 0 Å². The van der Waals surface area contributed by atoms with Gasteiger partial charge in [-0.1, -0.05) is 39.9 Å². The van der Waals surface area contributed by atoms with E-state index >= 15 is 0 Å². The minimum absolute atomic E-state index is 0.148. The minimum Gasteiger partial charge on any atom is -0.100 e. The molecule has 0 saturated carbocycles. The molecule has 0 aliphatic heterocycles.